The summed E-state index contributed by atoms with van der Waals surface area (Å²) in [6, 6.07) is 18.9. The van der Waals surface area contributed by atoms with Crippen molar-refractivity contribution in [1.29, 1.82) is 0 Å². The monoisotopic (exact) mass is 1050 g/mol. The number of benzene rings is 2. The van der Waals surface area contributed by atoms with Crippen LogP contribution in [0, 0.1) is 0 Å². The number of hydrogen-bond acceptors (Lipinski definition) is 22. The molecule has 0 amide bonds. The highest BCUT2D eigenvalue weighted by Gasteiger charge is 2.48. The molecule has 72 heavy (non-hydrogen) atoms. The SMILES string of the molecule is CCOC(=O)[C@@H](OC[C@H]1O[C@@H](n2cnc3c(N)nc(Cc4ccccc4)nc32)[C@H](O)[C@@H]1O)P(=O)(O)O.CCOC(=O)[C@H](OC[C@H]1O[C@@H](n2cnc3c(N)nc(Cc4ccccc4)nc32)[C@H](O)[C@@H]1O)P(=O)(O)O. The van der Waals surface area contributed by atoms with Crippen LogP contribution >= 0.6 is 15.2 Å². The lowest BCUT2D eigenvalue weighted by molar-refractivity contribution is -0.156. The number of anilines is 2. The number of esters is 2. The van der Waals surface area contributed by atoms with Crippen molar-refractivity contribution in [1.82, 2.24) is 39.0 Å². The number of aliphatic hydroxyl groups is 4. The van der Waals surface area contributed by atoms with Crippen LogP contribution in [-0.4, -0.2) is 166 Å². The fraction of sp³-hybridized carbons (Fsp3) is 0.429. The fourth-order valence-corrected chi connectivity index (χ4v) is 8.91. The van der Waals surface area contributed by atoms with Crippen molar-refractivity contribution >= 4 is 61.1 Å². The van der Waals surface area contributed by atoms with E-state index in [0.29, 0.717) is 24.5 Å². The van der Waals surface area contributed by atoms with E-state index in [1.165, 1.54) is 35.6 Å². The molecule has 2 aliphatic rings. The molecule has 4 aromatic heterocycles. The molecule has 2 aliphatic heterocycles. The number of imidazole rings is 2. The molecule has 0 unspecified atom stereocenters. The first kappa shape index (κ1) is 53.8. The van der Waals surface area contributed by atoms with E-state index >= 15 is 0 Å². The number of rotatable bonds is 18. The summed E-state index contributed by atoms with van der Waals surface area (Å²) in [5.41, 5.74) is 15.1. The van der Waals surface area contributed by atoms with Gasteiger partial charge in [-0.1, -0.05) is 60.7 Å². The van der Waals surface area contributed by atoms with Gasteiger partial charge in [-0.05, 0) is 25.0 Å². The maximum absolute atomic E-state index is 11.9. The molecule has 388 valence electrons. The summed E-state index contributed by atoms with van der Waals surface area (Å²) < 4.78 is 57.0. The van der Waals surface area contributed by atoms with Crippen molar-refractivity contribution in [2.75, 3.05) is 37.9 Å². The zero-order chi connectivity index (χ0) is 52.1. The number of aromatic nitrogens is 8. The Hall–Kier alpha value is -5.94. The maximum atomic E-state index is 11.9. The second-order valence-corrected chi connectivity index (χ2v) is 19.5. The van der Waals surface area contributed by atoms with Crippen LogP contribution in [0.25, 0.3) is 22.3 Å². The third-order valence-corrected chi connectivity index (χ3v) is 13.0. The third kappa shape index (κ3) is 12.3. The highest BCUT2D eigenvalue weighted by atomic mass is 31.2. The van der Waals surface area contributed by atoms with E-state index in [9.17, 15) is 58.7 Å². The van der Waals surface area contributed by atoms with Crippen LogP contribution in [0.3, 0.4) is 0 Å². The van der Waals surface area contributed by atoms with E-state index in [-0.39, 0.29) is 47.2 Å². The number of hydrogen-bond donors (Lipinski definition) is 10. The van der Waals surface area contributed by atoms with Gasteiger partial charge in [-0.25, -0.2) is 39.5 Å². The van der Waals surface area contributed by atoms with E-state index in [0.717, 1.165) is 11.1 Å². The van der Waals surface area contributed by atoms with Gasteiger partial charge in [-0.3, -0.25) is 18.3 Å². The maximum Gasteiger partial charge on any atom is 0.365 e. The molecule has 6 aromatic rings. The third-order valence-electron chi connectivity index (χ3n) is 11.0. The minimum atomic E-state index is -5.03. The average Bonchev–Trinajstić information content (AvgIpc) is 4.08. The molecule has 0 spiro atoms. The molecule has 30 heteroatoms. The second-order valence-electron chi connectivity index (χ2n) is 16.2. The summed E-state index contributed by atoms with van der Waals surface area (Å²) in [4.78, 5) is 87.5. The first-order valence-corrected chi connectivity index (χ1v) is 25.3. The molecule has 0 saturated carbocycles. The van der Waals surface area contributed by atoms with Crippen molar-refractivity contribution in [3.8, 4) is 0 Å². The molecule has 2 fully saturated rings. The number of nitrogens with zero attached hydrogens (tertiary/aromatic N) is 8. The van der Waals surface area contributed by atoms with Crippen LogP contribution < -0.4 is 11.5 Å². The van der Waals surface area contributed by atoms with Crippen molar-refractivity contribution in [3.63, 3.8) is 0 Å². The Morgan fingerprint density at radius 1 is 0.611 bits per heavy atom. The highest BCUT2D eigenvalue weighted by molar-refractivity contribution is 7.53. The quantitative estimate of drug-likeness (QED) is 0.0380. The minimum Gasteiger partial charge on any atom is -0.464 e. The van der Waals surface area contributed by atoms with Crippen molar-refractivity contribution in [2.45, 2.75) is 87.5 Å². The summed E-state index contributed by atoms with van der Waals surface area (Å²) in [5.74, 6) is -5.87. The molecule has 0 radical (unpaired) electrons. The molecule has 0 bridgehead atoms. The minimum absolute atomic E-state index is 0.118. The van der Waals surface area contributed by atoms with Gasteiger partial charge in [0.15, 0.2) is 35.4 Å². The van der Waals surface area contributed by atoms with E-state index in [4.69, 9.17) is 30.4 Å². The number of fused-ring (bicyclic) bond motifs is 2. The lowest BCUT2D eigenvalue weighted by Gasteiger charge is -2.21. The van der Waals surface area contributed by atoms with Gasteiger partial charge in [-0.2, -0.15) is 0 Å². The largest absolute Gasteiger partial charge is 0.464 e. The summed E-state index contributed by atoms with van der Waals surface area (Å²) in [5, 5.41) is 42.3. The van der Waals surface area contributed by atoms with Gasteiger partial charge in [-0.15, -0.1) is 0 Å². The first-order valence-electron chi connectivity index (χ1n) is 22.0. The highest BCUT2D eigenvalue weighted by Crippen LogP contribution is 2.44. The van der Waals surface area contributed by atoms with Gasteiger partial charge in [0.25, 0.3) is 11.7 Å². The molecule has 6 heterocycles. The van der Waals surface area contributed by atoms with E-state index in [1.54, 1.807) is 0 Å². The van der Waals surface area contributed by atoms with Gasteiger partial charge in [0.05, 0.1) is 39.1 Å². The van der Waals surface area contributed by atoms with Crippen LogP contribution in [0.15, 0.2) is 73.3 Å². The van der Waals surface area contributed by atoms with Crippen molar-refractivity contribution in [2.24, 2.45) is 0 Å². The second kappa shape index (κ2) is 22.9. The van der Waals surface area contributed by atoms with E-state index in [1.807, 2.05) is 60.7 Å². The Balaban J connectivity index is 0.000000211. The first-order chi connectivity index (χ1) is 34.2. The molecule has 2 aromatic carbocycles. The molecule has 10 atom stereocenters. The normalized spacial score (nSPS) is 23.1. The Morgan fingerprint density at radius 3 is 1.31 bits per heavy atom. The molecule has 2 saturated heterocycles. The van der Waals surface area contributed by atoms with Crippen molar-refractivity contribution < 1.29 is 87.1 Å². The molecule has 28 nitrogen and oxygen atoms in total. The summed E-state index contributed by atoms with van der Waals surface area (Å²) in [6.45, 7) is 1.46. The standard InChI is InChI=1S/2C21H26N5O9P/c2*1-2-33-20(29)21(36(30,31)32)34-9-12-15(27)16(28)19(35-12)26-10-23-14-17(22)24-13(25-18(14)26)8-11-6-4-3-5-7-11/h2*3-7,10,12,15-16,19,21,27-28H,2,8-9H2,1H3,(H2,22,24,25)(H2,30,31,32)/t12-,15-,16-,19-,21+;12-,15-,16-,19-,21-/m11/s1. The number of aliphatic hydroxyl groups excluding tert-OH is 4. The van der Waals surface area contributed by atoms with Gasteiger partial charge < -0.3 is 79.9 Å². The predicted octanol–water partition coefficient (Wildman–Crippen LogP) is -0.596. The predicted molar refractivity (Wildman–Crippen MR) is 247 cm³/mol. The lowest BCUT2D eigenvalue weighted by Crippen LogP contribution is -2.36. The molecular formula is C42H52N10O18P2. The molecule has 12 N–H and O–H groups in total. The summed E-state index contributed by atoms with van der Waals surface area (Å²) in [6.07, 6.45) is -7.45. The van der Waals surface area contributed by atoms with Crippen LogP contribution in [0.1, 0.15) is 49.1 Å². The fourth-order valence-electron chi connectivity index (χ4n) is 7.66. The van der Waals surface area contributed by atoms with Crippen LogP contribution in [0.4, 0.5) is 11.6 Å². The number of nitrogen functional groups attached to an aromatic ring is 2. The van der Waals surface area contributed by atoms with Gasteiger partial charge in [0.1, 0.15) is 59.3 Å². The average molecular weight is 1050 g/mol. The number of ether oxygens (including phenoxy) is 6. The van der Waals surface area contributed by atoms with Crippen LogP contribution in [0.5, 0.6) is 0 Å². The molecule has 8 rings (SSSR count). The van der Waals surface area contributed by atoms with Gasteiger partial charge >= 0.3 is 27.1 Å². The number of carbonyl (C=O) groups is 2. The Labute approximate surface area is 407 Å². The Bertz CT molecular complexity index is 2730. The summed E-state index contributed by atoms with van der Waals surface area (Å²) in [7, 11) is -10.1. The number of nitrogens with two attached hydrogens (primary N) is 2. The van der Waals surface area contributed by atoms with E-state index in [2.05, 4.69) is 39.4 Å². The van der Waals surface area contributed by atoms with Crippen LogP contribution in [-0.2, 0) is 60.0 Å². The van der Waals surface area contributed by atoms with Crippen molar-refractivity contribution in [3.05, 3.63) is 96.1 Å². The lowest BCUT2D eigenvalue weighted by atomic mass is 10.1. The topological polar surface area (TPSA) is 425 Å². The zero-order valence-corrected chi connectivity index (χ0v) is 40.0. The molecular weight excluding hydrogens is 994 g/mol. The van der Waals surface area contributed by atoms with E-state index < -0.39 is 101 Å². The smallest absolute Gasteiger partial charge is 0.365 e. The van der Waals surface area contributed by atoms with Crippen LogP contribution in [0.2, 0.25) is 0 Å². The Morgan fingerprint density at radius 2 is 0.972 bits per heavy atom. The molecule has 0 aliphatic carbocycles. The Kier molecular flexibility index (Phi) is 17.1. The van der Waals surface area contributed by atoms with Gasteiger partial charge in [0.2, 0.25) is 0 Å². The zero-order valence-electron chi connectivity index (χ0n) is 38.2. The summed E-state index contributed by atoms with van der Waals surface area (Å²) >= 11 is 0. The number of carbonyl (C=O) groups excluding carboxylic acids is 2. The van der Waals surface area contributed by atoms with Gasteiger partial charge in [0, 0.05) is 12.8 Å².